The largest absolute Gasteiger partial charge is 0.272 e. The number of carbonyl (C=O) groups is 2. The Balaban J connectivity index is 2.47. The molecule has 0 bridgehead atoms. The molecule has 0 aliphatic heterocycles. The highest BCUT2D eigenvalue weighted by molar-refractivity contribution is 6.53. The third-order valence-corrected chi connectivity index (χ3v) is 5.61. The van der Waals surface area contributed by atoms with Crippen LogP contribution < -0.4 is 10.9 Å². The van der Waals surface area contributed by atoms with Gasteiger partial charge in [-0.15, -0.1) is 0 Å². The van der Waals surface area contributed by atoms with Crippen molar-refractivity contribution in [2.24, 2.45) is 5.41 Å². The quantitative estimate of drug-likeness (QED) is 0.548. The molecule has 0 aliphatic carbocycles. The Morgan fingerprint density at radius 1 is 1.10 bits per heavy atom. The summed E-state index contributed by atoms with van der Waals surface area (Å²) in [4.78, 5) is 26.8. The number of hydrazine groups is 1. The molecule has 0 spiro atoms. The number of nitrogens with zero attached hydrogens (tertiary/aromatic N) is 1. The summed E-state index contributed by atoms with van der Waals surface area (Å²) < 4.78 is 0. The summed E-state index contributed by atoms with van der Waals surface area (Å²) in [5.41, 5.74) is 7.95. The van der Waals surface area contributed by atoms with Gasteiger partial charge in [0.05, 0.1) is 6.04 Å². The van der Waals surface area contributed by atoms with Crippen molar-refractivity contribution in [3.63, 3.8) is 0 Å². The van der Waals surface area contributed by atoms with Crippen LogP contribution in [0.1, 0.15) is 71.5 Å². The molecule has 31 heavy (non-hydrogen) atoms. The van der Waals surface area contributed by atoms with Crippen LogP contribution in [0.4, 0.5) is 0 Å². The maximum Gasteiger partial charge on any atom is 0.272 e. The zero-order valence-corrected chi connectivity index (χ0v) is 20.0. The second kappa shape index (κ2) is 9.99. The van der Waals surface area contributed by atoms with Gasteiger partial charge in [-0.05, 0) is 49.4 Å². The van der Waals surface area contributed by atoms with E-state index in [2.05, 4.69) is 32.8 Å². The first kappa shape index (κ1) is 24.5. The third-order valence-electron chi connectivity index (χ3n) is 5.61. The van der Waals surface area contributed by atoms with Crippen molar-refractivity contribution in [1.82, 2.24) is 10.4 Å². The molecule has 4 nitrogen and oxygen atoms in total. The van der Waals surface area contributed by atoms with E-state index in [1.165, 1.54) is 5.01 Å². The minimum absolute atomic E-state index is 0.164. The van der Waals surface area contributed by atoms with Gasteiger partial charge in [-0.1, -0.05) is 82.0 Å². The Labute approximate surface area is 187 Å². The van der Waals surface area contributed by atoms with Gasteiger partial charge >= 0.3 is 0 Å². The number of amides is 2. The molecule has 0 aliphatic rings. The first-order chi connectivity index (χ1) is 14.5. The van der Waals surface area contributed by atoms with E-state index in [9.17, 15) is 9.59 Å². The molecule has 0 saturated carbocycles. The Hall–Kier alpha value is -2.82. The maximum absolute atomic E-state index is 13.6. The topological polar surface area (TPSA) is 49.4 Å². The van der Waals surface area contributed by atoms with Gasteiger partial charge in [0.25, 0.3) is 11.8 Å². The van der Waals surface area contributed by atoms with E-state index in [-0.39, 0.29) is 23.3 Å². The van der Waals surface area contributed by atoms with Crippen molar-refractivity contribution in [3.8, 4) is 0 Å². The Morgan fingerprint density at radius 3 is 2.19 bits per heavy atom. The van der Waals surface area contributed by atoms with Crippen molar-refractivity contribution in [2.45, 2.75) is 60.8 Å². The third kappa shape index (κ3) is 5.87. The lowest BCUT2D eigenvalue weighted by atomic mass is 9.70. The van der Waals surface area contributed by atoms with Gasteiger partial charge in [-0.3, -0.25) is 15.0 Å². The predicted octanol–water partition coefficient (Wildman–Crippen LogP) is 4.67. The normalized spacial score (nSPS) is 12.1. The van der Waals surface area contributed by atoms with Crippen LogP contribution in [0, 0.1) is 19.3 Å². The van der Waals surface area contributed by atoms with Crippen LogP contribution in [0.15, 0.2) is 43.0 Å². The van der Waals surface area contributed by atoms with E-state index in [0.717, 1.165) is 35.9 Å². The predicted molar refractivity (Wildman–Crippen MR) is 132 cm³/mol. The van der Waals surface area contributed by atoms with E-state index < -0.39 is 0 Å². The average Bonchev–Trinajstić information content (AvgIpc) is 2.70. The smallest absolute Gasteiger partial charge is 0.267 e. The van der Waals surface area contributed by atoms with E-state index in [4.69, 9.17) is 0 Å². The van der Waals surface area contributed by atoms with Crippen molar-refractivity contribution >= 4 is 30.6 Å². The Kier molecular flexibility index (Phi) is 7.88. The molecule has 5 heteroatoms. The number of aryl methyl sites for hydroxylation is 2. The molecule has 0 saturated heterocycles. The second-order valence-corrected chi connectivity index (χ2v) is 9.25. The molecule has 1 atom stereocenters. The minimum Gasteiger partial charge on any atom is -0.267 e. The summed E-state index contributed by atoms with van der Waals surface area (Å²) in [5.74, 6) is -0.480. The number of hydrogen-bond acceptors (Lipinski definition) is 2. The van der Waals surface area contributed by atoms with Crippen LogP contribution in [0.25, 0.3) is 6.08 Å². The molecular weight excluding hydrogens is 383 g/mol. The van der Waals surface area contributed by atoms with Crippen molar-refractivity contribution < 1.29 is 9.59 Å². The summed E-state index contributed by atoms with van der Waals surface area (Å²) in [6, 6.07) is 11.2. The zero-order chi connectivity index (χ0) is 23.3. The van der Waals surface area contributed by atoms with Crippen LogP contribution >= 0.6 is 0 Å². The summed E-state index contributed by atoms with van der Waals surface area (Å²) >= 11 is 0. The lowest BCUT2D eigenvalue weighted by Gasteiger charge is -2.39. The molecule has 2 aromatic carbocycles. The zero-order valence-electron chi connectivity index (χ0n) is 20.0. The van der Waals surface area contributed by atoms with Gasteiger partial charge in [-0.2, -0.15) is 0 Å². The molecule has 0 heterocycles. The fraction of sp³-hybridized carbons (Fsp3) is 0.385. The average molecular weight is 418 g/mol. The highest BCUT2D eigenvalue weighted by Crippen LogP contribution is 2.27. The van der Waals surface area contributed by atoms with E-state index >= 15 is 0 Å². The van der Waals surface area contributed by atoms with Crippen LogP contribution in [0.3, 0.4) is 0 Å². The molecule has 0 fully saturated rings. The number of rotatable bonds is 6. The van der Waals surface area contributed by atoms with Crippen LogP contribution in [-0.2, 0) is 0 Å². The lowest BCUT2D eigenvalue weighted by molar-refractivity contribution is 0.0285. The Bertz CT molecular complexity index is 956. The molecule has 1 unspecified atom stereocenters. The molecular formula is C26H35BN2O2. The van der Waals surface area contributed by atoms with Crippen LogP contribution in [0.5, 0.6) is 0 Å². The first-order valence-electron chi connectivity index (χ1n) is 11.0. The second-order valence-electron chi connectivity index (χ2n) is 9.25. The highest BCUT2D eigenvalue weighted by atomic mass is 16.2. The van der Waals surface area contributed by atoms with Crippen molar-refractivity contribution in [2.75, 3.05) is 0 Å². The summed E-state index contributed by atoms with van der Waals surface area (Å²) in [6.07, 6.45) is 2.51. The number of nitrogens with one attached hydrogen (secondary N) is 1. The minimum atomic E-state index is -0.286. The summed E-state index contributed by atoms with van der Waals surface area (Å²) in [6.45, 7) is 18.1. The fourth-order valence-electron chi connectivity index (χ4n) is 4.12. The van der Waals surface area contributed by atoms with E-state index in [1.807, 2.05) is 57.9 Å². The number of hydrogen-bond donors (Lipinski definition) is 1. The lowest BCUT2D eigenvalue weighted by Crippen LogP contribution is -2.56. The monoisotopic (exact) mass is 418 g/mol. The molecule has 0 aromatic heterocycles. The van der Waals surface area contributed by atoms with Gasteiger partial charge in [0.15, 0.2) is 7.28 Å². The molecule has 0 radical (unpaired) electrons. The first-order valence-corrected chi connectivity index (χ1v) is 11.0. The molecule has 2 amide bonds. The SMILES string of the molecule is C=Cc1ccc(C(=O)NN(C(=O)c2cc(C)cc(C)c2)C(CC)C(C)(C)C)cc1BC. The Morgan fingerprint density at radius 2 is 1.71 bits per heavy atom. The molecule has 164 valence electrons. The maximum atomic E-state index is 13.6. The number of benzene rings is 2. The summed E-state index contributed by atoms with van der Waals surface area (Å²) in [7, 11) is 0.799. The van der Waals surface area contributed by atoms with E-state index in [1.54, 1.807) is 12.1 Å². The van der Waals surface area contributed by atoms with Crippen molar-refractivity contribution in [1.29, 1.82) is 0 Å². The summed E-state index contributed by atoms with van der Waals surface area (Å²) in [5, 5.41) is 1.53. The van der Waals surface area contributed by atoms with Gasteiger partial charge in [0, 0.05) is 11.1 Å². The molecule has 2 rings (SSSR count). The van der Waals surface area contributed by atoms with Gasteiger partial charge in [-0.25, -0.2) is 5.01 Å². The fourth-order valence-corrected chi connectivity index (χ4v) is 4.12. The molecule has 1 N–H and O–H groups in total. The standard InChI is InChI=1S/C26H35BN2O2/c1-9-19-11-12-20(16-22(19)27-8)24(30)28-29(23(10-2)26(5,6)7)25(31)21-14-17(3)13-18(4)15-21/h9,11-16,23,27H,1,10H2,2-8H3,(H,28,30). The highest BCUT2D eigenvalue weighted by Gasteiger charge is 2.34. The van der Waals surface area contributed by atoms with Crippen molar-refractivity contribution in [3.05, 3.63) is 70.8 Å². The van der Waals surface area contributed by atoms with Gasteiger partial charge in [0.2, 0.25) is 0 Å². The van der Waals surface area contributed by atoms with E-state index in [0.29, 0.717) is 11.1 Å². The van der Waals surface area contributed by atoms with Gasteiger partial charge in [0.1, 0.15) is 0 Å². The molecule has 2 aromatic rings. The van der Waals surface area contributed by atoms with Crippen LogP contribution in [-0.4, -0.2) is 30.1 Å². The van der Waals surface area contributed by atoms with Crippen LogP contribution in [0.2, 0.25) is 6.82 Å². The number of carbonyl (C=O) groups excluding carboxylic acids is 2. The van der Waals surface area contributed by atoms with Gasteiger partial charge < -0.3 is 0 Å².